The van der Waals surface area contributed by atoms with Crippen molar-refractivity contribution in [3.63, 3.8) is 0 Å². The number of sulfonamides is 1. The van der Waals surface area contributed by atoms with Gasteiger partial charge in [0, 0.05) is 12.3 Å². The van der Waals surface area contributed by atoms with Gasteiger partial charge >= 0.3 is 6.09 Å². The summed E-state index contributed by atoms with van der Waals surface area (Å²) < 4.78 is 41.1. The van der Waals surface area contributed by atoms with Crippen LogP contribution in [-0.2, 0) is 34.9 Å². The fourth-order valence-electron chi connectivity index (χ4n) is 8.36. The highest BCUT2D eigenvalue weighted by molar-refractivity contribution is 7.89. The predicted octanol–water partition coefficient (Wildman–Crippen LogP) is 5.79. The Morgan fingerprint density at radius 2 is 1.64 bits per heavy atom. The Hall–Kier alpha value is -5.35. The number of amides is 4. The maximum Gasteiger partial charge on any atom is 0.408 e. The van der Waals surface area contributed by atoms with Crippen LogP contribution in [0.4, 0.5) is 4.79 Å². The number of rotatable bonds is 9. The van der Waals surface area contributed by atoms with Gasteiger partial charge in [0.2, 0.25) is 27.7 Å². The van der Waals surface area contributed by atoms with Crippen LogP contribution in [0.3, 0.4) is 0 Å². The summed E-state index contributed by atoms with van der Waals surface area (Å²) >= 11 is 1.48. The molecular formula is C43H48N6O8S2. The van der Waals surface area contributed by atoms with Crippen molar-refractivity contribution in [1.29, 1.82) is 0 Å². The molecule has 4 heterocycles. The smallest absolute Gasteiger partial charge is 0.408 e. The summed E-state index contributed by atoms with van der Waals surface area (Å²) in [5, 5.41) is 7.66. The van der Waals surface area contributed by atoms with Crippen LogP contribution in [0.15, 0.2) is 84.3 Å². The van der Waals surface area contributed by atoms with E-state index in [0.29, 0.717) is 41.6 Å². The molecule has 8 rings (SSSR count). The van der Waals surface area contributed by atoms with E-state index in [1.54, 1.807) is 30.3 Å². The quantitative estimate of drug-likeness (QED) is 0.174. The summed E-state index contributed by atoms with van der Waals surface area (Å²) in [6, 6.07) is 17.6. The Kier molecular flexibility index (Phi) is 12.0. The van der Waals surface area contributed by atoms with Gasteiger partial charge in [-0.25, -0.2) is 23.2 Å². The van der Waals surface area contributed by atoms with E-state index in [1.807, 2.05) is 53.9 Å². The van der Waals surface area contributed by atoms with Crippen LogP contribution in [0.5, 0.6) is 5.88 Å². The lowest BCUT2D eigenvalue weighted by molar-refractivity contribution is -0.141. The highest BCUT2D eigenvalue weighted by atomic mass is 32.2. The summed E-state index contributed by atoms with van der Waals surface area (Å²) in [5.41, 5.74) is 0.746. The molecule has 3 fully saturated rings. The molecule has 310 valence electrons. The van der Waals surface area contributed by atoms with Crippen molar-refractivity contribution < 1.29 is 37.1 Å². The zero-order valence-electron chi connectivity index (χ0n) is 32.6. The fraction of sp³-hybridized carbons (Fsp3) is 0.442. The van der Waals surface area contributed by atoms with Crippen LogP contribution < -0.4 is 20.1 Å². The Morgan fingerprint density at radius 3 is 2.41 bits per heavy atom. The zero-order chi connectivity index (χ0) is 41.0. The van der Waals surface area contributed by atoms with Crippen LogP contribution >= 0.6 is 11.3 Å². The van der Waals surface area contributed by atoms with E-state index in [-0.39, 0.29) is 31.4 Å². The van der Waals surface area contributed by atoms with Crippen molar-refractivity contribution in [2.24, 2.45) is 5.92 Å². The number of nitrogens with zero attached hydrogens (tertiary/aromatic N) is 3. The maximum atomic E-state index is 14.7. The van der Waals surface area contributed by atoms with Gasteiger partial charge in [0.25, 0.3) is 5.91 Å². The Labute approximate surface area is 347 Å². The third-order valence-electron chi connectivity index (χ3n) is 11.5. The van der Waals surface area contributed by atoms with Gasteiger partial charge in [0.05, 0.1) is 28.2 Å². The topological polar surface area (TPSA) is 186 Å². The molecule has 59 heavy (non-hydrogen) atoms. The largest absolute Gasteiger partial charge is 0.471 e. The first-order valence-corrected chi connectivity index (χ1v) is 22.9. The third-order valence-corrected chi connectivity index (χ3v) is 13.6. The molecule has 5 atom stereocenters. The van der Waals surface area contributed by atoms with E-state index in [2.05, 4.69) is 15.4 Å². The molecule has 2 aliphatic heterocycles. The zero-order valence-corrected chi connectivity index (χ0v) is 34.2. The molecule has 0 unspecified atom stereocenters. The van der Waals surface area contributed by atoms with Crippen LogP contribution in [0.25, 0.3) is 21.6 Å². The van der Waals surface area contributed by atoms with Gasteiger partial charge in [0.15, 0.2) is 0 Å². The first-order valence-electron chi connectivity index (χ1n) is 20.4. The van der Waals surface area contributed by atoms with Gasteiger partial charge in [-0.05, 0) is 80.5 Å². The van der Waals surface area contributed by atoms with E-state index in [4.69, 9.17) is 19.4 Å². The van der Waals surface area contributed by atoms with E-state index in [1.165, 1.54) is 16.2 Å². The van der Waals surface area contributed by atoms with Crippen molar-refractivity contribution in [3.05, 3.63) is 89.8 Å². The number of hydrogen-bond acceptors (Lipinski definition) is 11. The molecular weight excluding hydrogens is 793 g/mol. The van der Waals surface area contributed by atoms with Gasteiger partial charge in [-0.15, -0.1) is 11.3 Å². The number of hydrogen-bond donors (Lipinski definition) is 3. The second-order valence-electron chi connectivity index (χ2n) is 15.8. The van der Waals surface area contributed by atoms with E-state index in [9.17, 15) is 27.6 Å². The van der Waals surface area contributed by atoms with Crippen molar-refractivity contribution in [2.75, 3.05) is 6.54 Å². The molecule has 2 aromatic heterocycles. The van der Waals surface area contributed by atoms with Gasteiger partial charge < -0.3 is 25.0 Å². The average Bonchev–Trinajstić information content (AvgIpc) is 3.71. The summed E-state index contributed by atoms with van der Waals surface area (Å²) in [7, 11) is -4.14. The molecule has 0 radical (unpaired) electrons. The minimum atomic E-state index is -4.14. The Morgan fingerprint density at radius 1 is 0.898 bits per heavy atom. The lowest BCUT2D eigenvalue weighted by Crippen LogP contribution is -2.58. The molecule has 2 aromatic carbocycles. The van der Waals surface area contributed by atoms with Crippen LogP contribution in [-0.4, -0.2) is 83.5 Å². The highest BCUT2D eigenvalue weighted by Gasteiger charge is 2.61. The monoisotopic (exact) mass is 840 g/mol. The standard InChI is InChI=1S/C43H48N6O8S2/c50-38-35-24-31(56-39-37(36-22-13-23-58-36)44-32-19-11-12-20-33(32)45-39)26-49(35)40(51)34(46-42(53)57-30-17-9-10-18-30)21-8-3-1-2-7-16-29-25-43(29,47-38)41(52)48-59(54,55)27-28-14-5-4-6-15-28/h4-7,11-16,19-20,22-23,29-31,34-35H,1-3,8-10,17-18,21,24-27H2,(H,46,53)(H,47,50)(H,48,52)/b16-7-/t29-,31+,34-,35-,43+/m0/s1. The number of carbonyl (C=O) groups is 4. The summed E-state index contributed by atoms with van der Waals surface area (Å²) in [5.74, 6) is -2.61. The number of alkyl carbamates (subject to hydrolysis) is 1. The molecule has 14 nitrogen and oxygen atoms in total. The summed E-state index contributed by atoms with van der Waals surface area (Å²) in [6.07, 6.45) is 9.05. The fourth-order valence-corrected chi connectivity index (χ4v) is 10.2. The number of carbonyl (C=O) groups excluding carboxylic acids is 4. The van der Waals surface area contributed by atoms with Crippen molar-refractivity contribution in [1.82, 2.24) is 30.2 Å². The number of para-hydroxylation sites is 2. The van der Waals surface area contributed by atoms with Crippen molar-refractivity contribution >= 4 is 56.2 Å². The molecule has 2 aliphatic carbocycles. The van der Waals surface area contributed by atoms with Crippen molar-refractivity contribution in [2.45, 2.75) is 106 Å². The third kappa shape index (κ3) is 9.43. The molecule has 0 spiro atoms. The van der Waals surface area contributed by atoms with Crippen LogP contribution in [0.2, 0.25) is 0 Å². The number of thiophene rings is 1. The van der Waals surface area contributed by atoms with E-state index >= 15 is 0 Å². The Balaban J connectivity index is 1.09. The summed E-state index contributed by atoms with van der Waals surface area (Å²) in [4.78, 5) is 68.5. The first kappa shape index (κ1) is 40.4. The predicted molar refractivity (Wildman–Crippen MR) is 221 cm³/mol. The summed E-state index contributed by atoms with van der Waals surface area (Å²) in [6.45, 7) is -0.0286. The normalized spacial score (nSPS) is 25.8. The highest BCUT2D eigenvalue weighted by Crippen LogP contribution is 2.46. The lowest BCUT2D eigenvalue weighted by atomic mass is 10.0. The molecule has 3 N–H and O–H groups in total. The van der Waals surface area contributed by atoms with Crippen LogP contribution in [0, 0.1) is 5.92 Å². The van der Waals surface area contributed by atoms with Gasteiger partial charge in [-0.3, -0.25) is 19.1 Å². The molecule has 2 saturated carbocycles. The number of nitrogens with one attached hydrogen (secondary N) is 3. The first-order chi connectivity index (χ1) is 28.6. The van der Waals surface area contributed by atoms with E-state index < -0.39 is 69.2 Å². The Bertz CT molecular complexity index is 2320. The SMILES string of the molecule is O=C(N[C@H]1CCCCC/C=C\[C@H]2C[C@@]2(C(=O)NS(=O)(=O)Cc2ccccc2)NC(=O)[C@@H]2C[C@@H](Oc3nc4ccccc4nc3-c3cccs3)CN2C1=O)OC1CCCC1. The molecule has 4 aromatic rings. The number of ether oxygens (including phenoxy) is 2. The minimum absolute atomic E-state index is 0.0275. The number of fused-ring (bicyclic) bond motifs is 3. The van der Waals surface area contributed by atoms with Crippen LogP contribution in [0.1, 0.15) is 76.2 Å². The molecule has 4 amide bonds. The van der Waals surface area contributed by atoms with Crippen molar-refractivity contribution in [3.8, 4) is 16.5 Å². The second kappa shape index (κ2) is 17.5. The number of allylic oxidation sites excluding steroid dienone is 1. The van der Waals surface area contributed by atoms with Gasteiger partial charge in [-0.1, -0.05) is 73.5 Å². The average molecular weight is 841 g/mol. The molecule has 16 heteroatoms. The van der Waals surface area contributed by atoms with Gasteiger partial charge in [-0.2, -0.15) is 0 Å². The molecule has 1 saturated heterocycles. The number of benzene rings is 2. The molecule has 0 bridgehead atoms. The van der Waals surface area contributed by atoms with E-state index in [0.717, 1.165) is 43.4 Å². The number of aromatic nitrogens is 2. The minimum Gasteiger partial charge on any atom is -0.471 e. The lowest BCUT2D eigenvalue weighted by Gasteiger charge is -2.30. The van der Waals surface area contributed by atoms with Gasteiger partial charge in [0.1, 0.15) is 35.5 Å². The maximum absolute atomic E-state index is 14.7. The molecule has 4 aliphatic rings. The second-order valence-corrected chi connectivity index (χ2v) is 18.5.